The van der Waals surface area contributed by atoms with Crippen LogP contribution in [-0.2, 0) is 9.53 Å². The molecular weight excluding hydrogens is 444 g/mol. The average Bonchev–Trinajstić information content (AvgIpc) is 2.95. The van der Waals surface area contributed by atoms with Crippen molar-refractivity contribution in [2.24, 2.45) is 10.7 Å². The normalized spacial score (nSPS) is 18.8. The van der Waals surface area contributed by atoms with E-state index in [1.54, 1.807) is 38.8 Å². The van der Waals surface area contributed by atoms with Gasteiger partial charge in [0.25, 0.3) is 0 Å². The maximum absolute atomic E-state index is 12.9. The lowest BCUT2D eigenvalue weighted by atomic mass is 9.94. The van der Waals surface area contributed by atoms with Crippen LogP contribution in [0.3, 0.4) is 0 Å². The van der Waals surface area contributed by atoms with Crippen molar-refractivity contribution in [2.45, 2.75) is 32.9 Å². The standard InChI is InChI=1S/C19H19BrN4O3S/c1-9(2)27-18(25)15-10(3)23-19-24(17(22)14(8-21)28-19)16(15)11-5-6-13(26-4)12(20)7-11/h5-7,9,16H,22H2,1-4H3/t16-/m1/s1. The van der Waals surface area contributed by atoms with Crippen LogP contribution in [0.15, 0.2) is 49.7 Å². The Balaban J connectivity index is 2.18. The van der Waals surface area contributed by atoms with E-state index >= 15 is 0 Å². The molecule has 7 nitrogen and oxygen atoms in total. The molecule has 0 spiro atoms. The molecule has 3 rings (SSSR count). The molecule has 1 atom stereocenters. The van der Waals surface area contributed by atoms with Gasteiger partial charge in [-0.2, -0.15) is 5.26 Å². The number of hydrogen-bond acceptors (Lipinski definition) is 8. The van der Waals surface area contributed by atoms with Crippen molar-refractivity contribution >= 4 is 38.8 Å². The Bertz CT molecular complexity index is 978. The minimum absolute atomic E-state index is 0.269. The van der Waals surface area contributed by atoms with Gasteiger partial charge in [-0.25, -0.2) is 9.79 Å². The molecule has 2 aliphatic heterocycles. The van der Waals surface area contributed by atoms with Gasteiger partial charge in [0.2, 0.25) is 0 Å². The lowest BCUT2D eigenvalue weighted by Crippen LogP contribution is -2.39. The van der Waals surface area contributed by atoms with Gasteiger partial charge in [0.15, 0.2) is 5.17 Å². The topological polar surface area (TPSA) is 101 Å². The number of allylic oxidation sites excluding steroid dienone is 2. The maximum Gasteiger partial charge on any atom is 0.338 e. The number of esters is 1. The molecule has 0 amide bonds. The van der Waals surface area contributed by atoms with Crippen LogP contribution in [0, 0.1) is 11.3 Å². The fourth-order valence-corrected chi connectivity index (χ4v) is 4.52. The molecule has 2 N–H and O–H groups in total. The number of thioether (sulfide) groups is 1. The predicted molar refractivity (Wildman–Crippen MR) is 111 cm³/mol. The first-order valence-electron chi connectivity index (χ1n) is 8.49. The zero-order valence-corrected chi connectivity index (χ0v) is 18.2. The number of ether oxygens (including phenoxy) is 2. The van der Waals surface area contributed by atoms with Gasteiger partial charge in [-0.05, 0) is 66.2 Å². The third-order valence-corrected chi connectivity index (χ3v) is 5.83. The zero-order valence-electron chi connectivity index (χ0n) is 15.8. The number of methoxy groups -OCH3 is 1. The molecule has 9 heteroatoms. The number of fused-ring (bicyclic) bond motifs is 1. The summed E-state index contributed by atoms with van der Waals surface area (Å²) in [5, 5.41) is 9.95. The zero-order chi connectivity index (χ0) is 20.6. The van der Waals surface area contributed by atoms with Gasteiger partial charge in [0.1, 0.15) is 22.5 Å². The lowest BCUT2D eigenvalue weighted by molar-refractivity contribution is -0.143. The molecule has 0 saturated carbocycles. The number of carbonyl (C=O) groups excluding carboxylic acids is 1. The first kappa shape index (κ1) is 20.3. The summed E-state index contributed by atoms with van der Waals surface area (Å²) in [4.78, 5) is 19.5. The molecule has 2 aliphatic rings. The SMILES string of the molecule is COc1ccc([C@@H]2C(C(=O)OC(C)C)=C(C)N=C3SC(C#N)=C(N)N32)cc1Br. The molecule has 0 saturated heterocycles. The minimum atomic E-state index is -0.570. The summed E-state index contributed by atoms with van der Waals surface area (Å²) in [6, 6.07) is 7.05. The number of carbonyl (C=O) groups is 1. The number of nitrogens with two attached hydrogens (primary N) is 1. The number of rotatable bonds is 4. The van der Waals surface area contributed by atoms with Crippen molar-refractivity contribution in [1.29, 1.82) is 5.26 Å². The summed E-state index contributed by atoms with van der Waals surface area (Å²) in [6.45, 7) is 5.34. The summed E-state index contributed by atoms with van der Waals surface area (Å²) < 4.78 is 11.5. The van der Waals surface area contributed by atoms with Gasteiger partial charge in [-0.1, -0.05) is 6.07 Å². The molecule has 1 aromatic carbocycles. The van der Waals surface area contributed by atoms with Crippen molar-refractivity contribution in [1.82, 2.24) is 4.90 Å². The second-order valence-electron chi connectivity index (χ2n) is 6.44. The van der Waals surface area contributed by atoms with Gasteiger partial charge in [0.05, 0.1) is 35.0 Å². The Morgan fingerprint density at radius 3 is 2.75 bits per heavy atom. The van der Waals surface area contributed by atoms with Gasteiger partial charge >= 0.3 is 5.97 Å². The molecule has 28 heavy (non-hydrogen) atoms. The van der Waals surface area contributed by atoms with Crippen LogP contribution in [0.5, 0.6) is 5.75 Å². The maximum atomic E-state index is 12.9. The van der Waals surface area contributed by atoms with Gasteiger partial charge in [-0.3, -0.25) is 4.90 Å². The van der Waals surface area contributed by atoms with Crippen LogP contribution in [0.2, 0.25) is 0 Å². The highest BCUT2D eigenvalue weighted by Crippen LogP contribution is 2.46. The summed E-state index contributed by atoms with van der Waals surface area (Å²) in [7, 11) is 1.58. The third kappa shape index (κ3) is 3.50. The van der Waals surface area contributed by atoms with E-state index in [1.165, 1.54) is 11.8 Å². The molecular formula is C19H19BrN4O3S. The fourth-order valence-electron chi connectivity index (χ4n) is 3.05. The van der Waals surface area contributed by atoms with E-state index in [-0.39, 0.29) is 11.9 Å². The van der Waals surface area contributed by atoms with E-state index in [4.69, 9.17) is 15.2 Å². The second-order valence-corrected chi connectivity index (χ2v) is 8.27. The smallest absolute Gasteiger partial charge is 0.338 e. The quantitative estimate of drug-likeness (QED) is 0.678. The van der Waals surface area contributed by atoms with E-state index in [2.05, 4.69) is 27.0 Å². The van der Waals surface area contributed by atoms with Crippen LogP contribution in [0.25, 0.3) is 0 Å². The van der Waals surface area contributed by atoms with Crippen LogP contribution in [0.1, 0.15) is 32.4 Å². The van der Waals surface area contributed by atoms with Crippen LogP contribution < -0.4 is 10.5 Å². The molecule has 146 valence electrons. The predicted octanol–water partition coefficient (Wildman–Crippen LogP) is 3.79. The molecule has 2 heterocycles. The summed E-state index contributed by atoms with van der Waals surface area (Å²) >= 11 is 4.68. The Morgan fingerprint density at radius 2 is 2.18 bits per heavy atom. The number of halogens is 1. The van der Waals surface area contributed by atoms with E-state index in [0.29, 0.717) is 27.1 Å². The number of benzene rings is 1. The minimum Gasteiger partial charge on any atom is -0.496 e. The Hall–Kier alpha value is -2.44. The molecule has 0 fully saturated rings. The highest BCUT2D eigenvalue weighted by atomic mass is 79.9. The number of nitrogens with zero attached hydrogens (tertiary/aromatic N) is 3. The molecule has 0 radical (unpaired) electrons. The second kappa shape index (κ2) is 7.89. The van der Waals surface area contributed by atoms with Crippen LogP contribution in [-0.4, -0.2) is 29.3 Å². The number of nitriles is 1. The van der Waals surface area contributed by atoms with E-state index in [9.17, 15) is 10.1 Å². The van der Waals surface area contributed by atoms with Crippen LogP contribution in [0.4, 0.5) is 0 Å². The average molecular weight is 463 g/mol. The molecule has 0 unspecified atom stereocenters. The Morgan fingerprint density at radius 1 is 1.46 bits per heavy atom. The van der Waals surface area contributed by atoms with Crippen molar-refractivity contribution < 1.29 is 14.3 Å². The molecule has 1 aromatic rings. The number of hydrogen-bond donors (Lipinski definition) is 1. The Kier molecular flexibility index (Phi) is 5.72. The molecule has 0 bridgehead atoms. The van der Waals surface area contributed by atoms with Gasteiger partial charge in [-0.15, -0.1) is 0 Å². The number of aliphatic imine (C=N–C) groups is 1. The molecule has 0 aliphatic carbocycles. The summed E-state index contributed by atoms with van der Waals surface area (Å²) in [6.07, 6.45) is -0.281. The largest absolute Gasteiger partial charge is 0.496 e. The van der Waals surface area contributed by atoms with Crippen molar-refractivity contribution in [3.63, 3.8) is 0 Å². The third-order valence-electron chi connectivity index (χ3n) is 4.23. The van der Waals surface area contributed by atoms with Crippen molar-refractivity contribution in [3.8, 4) is 11.8 Å². The summed E-state index contributed by atoms with van der Waals surface area (Å²) in [5.41, 5.74) is 7.96. The van der Waals surface area contributed by atoms with Gasteiger partial charge < -0.3 is 15.2 Å². The fraction of sp³-hybridized carbons (Fsp3) is 0.316. The van der Waals surface area contributed by atoms with Crippen LogP contribution >= 0.6 is 27.7 Å². The first-order valence-corrected chi connectivity index (χ1v) is 10.1. The first-order chi connectivity index (χ1) is 13.3. The Labute approximate surface area is 176 Å². The van der Waals surface area contributed by atoms with E-state index in [1.807, 2.05) is 12.1 Å². The summed E-state index contributed by atoms with van der Waals surface area (Å²) in [5.74, 6) is 0.471. The van der Waals surface area contributed by atoms with E-state index in [0.717, 1.165) is 10.0 Å². The highest BCUT2D eigenvalue weighted by Gasteiger charge is 2.43. The highest BCUT2D eigenvalue weighted by molar-refractivity contribution is 9.10. The van der Waals surface area contributed by atoms with Crippen molar-refractivity contribution in [2.75, 3.05) is 7.11 Å². The monoisotopic (exact) mass is 462 g/mol. The van der Waals surface area contributed by atoms with Crippen molar-refractivity contribution in [3.05, 3.63) is 50.2 Å². The lowest BCUT2D eigenvalue weighted by Gasteiger charge is -2.35. The van der Waals surface area contributed by atoms with E-state index < -0.39 is 12.0 Å². The van der Waals surface area contributed by atoms with Gasteiger partial charge in [0, 0.05) is 0 Å². The molecule has 0 aromatic heterocycles. The number of amidine groups is 1.